The monoisotopic (exact) mass is 376 g/mol. The lowest BCUT2D eigenvalue weighted by Gasteiger charge is -2.18. The van der Waals surface area contributed by atoms with Gasteiger partial charge in [0, 0.05) is 24.3 Å². The maximum Gasteiger partial charge on any atom is 0.416 e. The molecule has 0 radical (unpaired) electrons. The number of hydrogen-bond donors (Lipinski definition) is 1. The van der Waals surface area contributed by atoms with Crippen molar-refractivity contribution in [1.29, 1.82) is 0 Å². The number of benzene rings is 2. The molecule has 3 rings (SSSR count). The molecule has 1 heterocycles. The Bertz CT molecular complexity index is 864. The maximum absolute atomic E-state index is 12.9. The summed E-state index contributed by atoms with van der Waals surface area (Å²) in [4.78, 5) is 26.1. The standard InChI is InChI=1S/C20H19F3N2O2/c1-2-13-6-3-4-9-17(13)24-19(27)14-10-18(26)25(12-14)16-8-5-7-15(11-16)20(21,22)23/h3-9,11,14H,2,10,12H2,1H3,(H,24,27)/t14-/m1/s1. The largest absolute Gasteiger partial charge is 0.416 e. The Morgan fingerprint density at radius 3 is 2.63 bits per heavy atom. The van der Waals surface area contributed by atoms with Gasteiger partial charge in [0.05, 0.1) is 11.5 Å². The van der Waals surface area contributed by atoms with Gasteiger partial charge in [-0.3, -0.25) is 9.59 Å². The van der Waals surface area contributed by atoms with Crippen molar-refractivity contribution < 1.29 is 22.8 Å². The lowest BCUT2D eigenvalue weighted by molar-refractivity contribution is -0.137. The van der Waals surface area contributed by atoms with E-state index in [2.05, 4.69) is 5.32 Å². The fourth-order valence-corrected chi connectivity index (χ4v) is 3.17. The molecular formula is C20H19F3N2O2. The van der Waals surface area contributed by atoms with Gasteiger partial charge < -0.3 is 10.2 Å². The molecule has 7 heteroatoms. The summed E-state index contributed by atoms with van der Waals surface area (Å²) < 4.78 is 38.7. The van der Waals surface area contributed by atoms with Crippen molar-refractivity contribution in [1.82, 2.24) is 0 Å². The molecule has 0 bridgehead atoms. The summed E-state index contributed by atoms with van der Waals surface area (Å²) in [6, 6.07) is 12.0. The van der Waals surface area contributed by atoms with Crippen molar-refractivity contribution >= 4 is 23.2 Å². The van der Waals surface area contributed by atoms with Crippen LogP contribution in [-0.2, 0) is 22.2 Å². The predicted octanol–water partition coefficient (Wildman–Crippen LogP) is 4.26. The smallest absolute Gasteiger partial charge is 0.326 e. The second-order valence-electron chi connectivity index (χ2n) is 6.45. The molecule has 1 aliphatic heterocycles. The van der Waals surface area contributed by atoms with E-state index in [9.17, 15) is 22.8 Å². The van der Waals surface area contributed by atoms with E-state index in [-0.39, 0.29) is 30.5 Å². The van der Waals surface area contributed by atoms with Crippen molar-refractivity contribution in [3.8, 4) is 0 Å². The first-order valence-electron chi connectivity index (χ1n) is 8.66. The van der Waals surface area contributed by atoms with Gasteiger partial charge in [-0.15, -0.1) is 0 Å². The normalized spacial score (nSPS) is 17.3. The summed E-state index contributed by atoms with van der Waals surface area (Å²) in [6.45, 7) is 2.03. The summed E-state index contributed by atoms with van der Waals surface area (Å²) in [7, 11) is 0. The highest BCUT2D eigenvalue weighted by atomic mass is 19.4. The zero-order valence-corrected chi connectivity index (χ0v) is 14.7. The molecule has 2 amide bonds. The summed E-state index contributed by atoms with van der Waals surface area (Å²) in [5.74, 6) is -1.28. The van der Waals surface area contributed by atoms with Gasteiger partial charge in [0.2, 0.25) is 11.8 Å². The maximum atomic E-state index is 12.9. The van der Waals surface area contributed by atoms with Gasteiger partial charge in [0.1, 0.15) is 0 Å². The van der Waals surface area contributed by atoms with Crippen molar-refractivity contribution in [2.75, 3.05) is 16.8 Å². The van der Waals surface area contributed by atoms with Crippen LogP contribution in [0.1, 0.15) is 24.5 Å². The number of hydrogen-bond acceptors (Lipinski definition) is 2. The minimum absolute atomic E-state index is 0.0314. The lowest BCUT2D eigenvalue weighted by Crippen LogP contribution is -2.28. The van der Waals surface area contributed by atoms with Crippen molar-refractivity contribution in [2.45, 2.75) is 25.9 Å². The molecule has 2 aromatic carbocycles. The second-order valence-corrected chi connectivity index (χ2v) is 6.45. The van der Waals surface area contributed by atoms with Crippen LogP contribution in [0, 0.1) is 5.92 Å². The van der Waals surface area contributed by atoms with Gasteiger partial charge in [0.15, 0.2) is 0 Å². The third kappa shape index (κ3) is 4.13. The molecule has 1 aliphatic rings. The van der Waals surface area contributed by atoms with Crippen molar-refractivity contribution in [2.24, 2.45) is 5.92 Å². The van der Waals surface area contributed by atoms with E-state index in [1.807, 2.05) is 25.1 Å². The van der Waals surface area contributed by atoms with E-state index in [1.54, 1.807) is 6.07 Å². The number of nitrogens with one attached hydrogen (secondary N) is 1. The van der Waals surface area contributed by atoms with E-state index in [0.717, 1.165) is 24.1 Å². The van der Waals surface area contributed by atoms with Crippen LogP contribution < -0.4 is 10.2 Å². The highest BCUT2D eigenvalue weighted by Gasteiger charge is 2.37. The number of aryl methyl sites for hydroxylation is 1. The summed E-state index contributed by atoms with van der Waals surface area (Å²) in [6.07, 6.45) is -3.77. The number of para-hydroxylation sites is 1. The first kappa shape index (κ1) is 18.9. The molecule has 0 aliphatic carbocycles. The fourth-order valence-electron chi connectivity index (χ4n) is 3.17. The number of halogens is 3. The Kier molecular flexibility index (Phi) is 5.21. The quantitative estimate of drug-likeness (QED) is 0.867. The molecule has 0 spiro atoms. The summed E-state index contributed by atoms with van der Waals surface area (Å²) in [5.41, 5.74) is 0.997. The van der Waals surface area contributed by atoms with Gasteiger partial charge in [-0.2, -0.15) is 13.2 Å². The zero-order chi connectivity index (χ0) is 19.6. The lowest BCUT2D eigenvalue weighted by atomic mass is 10.1. The Hall–Kier alpha value is -2.83. The number of carbonyl (C=O) groups excluding carboxylic acids is 2. The van der Waals surface area contributed by atoms with Crippen LogP contribution in [-0.4, -0.2) is 18.4 Å². The molecule has 0 saturated carbocycles. The number of rotatable bonds is 4. The summed E-state index contributed by atoms with van der Waals surface area (Å²) >= 11 is 0. The highest BCUT2D eigenvalue weighted by Crippen LogP contribution is 2.33. The highest BCUT2D eigenvalue weighted by molar-refractivity contribution is 6.03. The first-order valence-corrected chi connectivity index (χ1v) is 8.66. The average Bonchev–Trinajstić information content (AvgIpc) is 3.03. The first-order chi connectivity index (χ1) is 12.8. The van der Waals surface area contributed by atoms with Gasteiger partial charge >= 0.3 is 6.18 Å². The van der Waals surface area contributed by atoms with Crippen LogP contribution in [0.15, 0.2) is 48.5 Å². The van der Waals surface area contributed by atoms with E-state index in [4.69, 9.17) is 0 Å². The van der Waals surface area contributed by atoms with E-state index < -0.39 is 17.7 Å². The Morgan fingerprint density at radius 2 is 1.93 bits per heavy atom. The third-order valence-corrected chi connectivity index (χ3v) is 4.64. The minimum atomic E-state index is -4.49. The molecule has 142 valence electrons. The minimum Gasteiger partial charge on any atom is -0.326 e. The molecule has 1 atom stereocenters. The molecular weight excluding hydrogens is 357 g/mol. The van der Waals surface area contributed by atoms with Crippen LogP contribution in [0.5, 0.6) is 0 Å². The fraction of sp³-hybridized carbons (Fsp3) is 0.300. The SMILES string of the molecule is CCc1ccccc1NC(=O)[C@@H]1CC(=O)N(c2cccc(C(F)(F)F)c2)C1. The van der Waals surface area contributed by atoms with E-state index in [0.29, 0.717) is 5.69 Å². The number of amides is 2. The van der Waals surface area contributed by atoms with Crippen LogP contribution in [0.4, 0.5) is 24.5 Å². The van der Waals surface area contributed by atoms with Gasteiger partial charge in [-0.05, 0) is 36.2 Å². The predicted molar refractivity (Wildman–Crippen MR) is 96.4 cm³/mol. The number of anilines is 2. The Morgan fingerprint density at radius 1 is 1.19 bits per heavy atom. The van der Waals surface area contributed by atoms with Gasteiger partial charge in [-0.25, -0.2) is 0 Å². The second kappa shape index (κ2) is 7.42. The van der Waals surface area contributed by atoms with Crippen molar-refractivity contribution in [3.63, 3.8) is 0 Å². The van der Waals surface area contributed by atoms with Crippen LogP contribution in [0.2, 0.25) is 0 Å². The number of alkyl halides is 3. The van der Waals surface area contributed by atoms with E-state index in [1.165, 1.54) is 17.0 Å². The molecule has 0 unspecified atom stereocenters. The molecule has 0 aromatic heterocycles. The van der Waals surface area contributed by atoms with Crippen molar-refractivity contribution in [3.05, 3.63) is 59.7 Å². The van der Waals surface area contributed by atoms with Crippen LogP contribution in [0.25, 0.3) is 0 Å². The van der Waals surface area contributed by atoms with E-state index >= 15 is 0 Å². The molecule has 1 N–H and O–H groups in total. The zero-order valence-electron chi connectivity index (χ0n) is 14.7. The van der Waals surface area contributed by atoms with Crippen LogP contribution >= 0.6 is 0 Å². The third-order valence-electron chi connectivity index (χ3n) is 4.64. The number of carbonyl (C=O) groups is 2. The molecule has 4 nitrogen and oxygen atoms in total. The molecule has 2 aromatic rings. The Balaban J connectivity index is 1.75. The molecule has 1 saturated heterocycles. The van der Waals surface area contributed by atoms with Gasteiger partial charge in [-0.1, -0.05) is 31.2 Å². The Labute approximate surface area is 155 Å². The van der Waals surface area contributed by atoms with Crippen LogP contribution in [0.3, 0.4) is 0 Å². The summed E-state index contributed by atoms with van der Waals surface area (Å²) in [5, 5.41) is 2.83. The average molecular weight is 376 g/mol. The molecule has 1 fully saturated rings. The number of nitrogens with zero attached hydrogens (tertiary/aromatic N) is 1. The van der Waals surface area contributed by atoms with Gasteiger partial charge in [0.25, 0.3) is 0 Å². The molecule has 27 heavy (non-hydrogen) atoms. The topological polar surface area (TPSA) is 49.4 Å².